The Morgan fingerprint density at radius 3 is 1.56 bits per heavy atom. The average Bonchev–Trinajstić information content (AvgIpc) is 1.64. The molecule has 2 unspecified atom stereocenters. The summed E-state index contributed by atoms with van der Waals surface area (Å²) in [4.78, 5) is 107. The molecule has 26 heteroatoms. The number of rotatable bonds is 24. The summed E-state index contributed by atoms with van der Waals surface area (Å²) in [6.07, 6.45) is -1.90. The van der Waals surface area contributed by atoms with E-state index in [-0.39, 0.29) is 67.7 Å². The lowest BCUT2D eigenvalue weighted by molar-refractivity contribution is -0.154. The van der Waals surface area contributed by atoms with Gasteiger partial charge in [-0.1, -0.05) is 151 Å². The second kappa shape index (κ2) is 31.3. The number of aromatic nitrogens is 8. The zero-order chi connectivity index (χ0) is 65.4. The van der Waals surface area contributed by atoms with E-state index < -0.39 is 91.5 Å². The van der Waals surface area contributed by atoms with Gasteiger partial charge in [0.25, 0.3) is 0 Å². The number of amides is 2. The number of benzene rings is 5. The maximum absolute atomic E-state index is 14.3. The second-order valence-electron chi connectivity index (χ2n) is 22.3. The highest BCUT2D eigenvalue weighted by Gasteiger charge is 2.51. The molecule has 2 saturated heterocycles. The van der Waals surface area contributed by atoms with Gasteiger partial charge in [-0.3, -0.25) is 23.5 Å². The van der Waals surface area contributed by atoms with Crippen LogP contribution < -0.4 is 15.5 Å². The number of imidazole rings is 2. The smallest absolute Gasteiger partial charge is 0.408 e. The molecule has 0 spiro atoms. The number of anilines is 1. The third-order valence-electron chi connectivity index (χ3n) is 15.7. The molecule has 0 radical (unpaired) electrons. The highest BCUT2D eigenvalue weighted by Crippen LogP contribution is 2.41. The van der Waals surface area contributed by atoms with E-state index in [1.807, 2.05) is 135 Å². The number of ketones is 2. The van der Waals surface area contributed by atoms with Crippen LogP contribution in [0.3, 0.4) is 0 Å². The quantitative estimate of drug-likeness (QED) is 0.0258. The Morgan fingerprint density at radius 2 is 1.04 bits per heavy atom. The van der Waals surface area contributed by atoms with Crippen LogP contribution >= 0.6 is 11.6 Å². The molecule has 11 rings (SSSR count). The van der Waals surface area contributed by atoms with Crippen LogP contribution in [0.1, 0.15) is 64.8 Å². The van der Waals surface area contributed by atoms with E-state index in [4.69, 9.17) is 40.0 Å². The van der Waals surface area contributed by atoms with Crippen LogP contribution in [-0.4, -0.2) is 149 Å². The number of halogens is 1. The number of nitrogens with one attached hydrogen (secondary N) is 2. The van der Waals surface area contributed by atoms with Gasteiger partial charge in [0, 0.05) is 45.7 Å². The van der Waals surface area contributed by atoms with Crippen molar-refractivity contribution in [3.63, 3.8) is 0 Å². The van der Waals surface area contributed by atoms with E-state index in [1.165, 1.54) is 36.8 Å². The molecule has 2 aliphatic heterocycles. The van der Waals surface area contributed by atoms with Gasteiger partial charge in [0.05, 0.1) is 43.0 Å². The summed E-state index contributed by atoms with van der Waals surface area (Å²) in [6, 6.07) is 43.4. The SMILES string of the molecule is CC(=O)OC1[C@@H](CC(=O)[C@H](Cc2ccccc2)NC(=O)OCc2ccccc2)[C@@H](COC(=O)c2ccccc2)O[C@H]1n1cnc2c(Cl)ncnc21.CN(C)c1ncnc2c1ncn2[C@@H]1O[C@H](CO)[C@H](CC(=O)[C@H](Cc2ccccc2)NC(=O)OCc2ccccc2)C1O. The van der Waals surface area contributed by atoms with Crippen LogP contribution in [0.15, 0.2) is 177 Å². The Labute approximate surface area is 539 Å². The first kappa shape index (κ1) is 65.9. The Balaban J connectivity index is 0.000000207. The molecule has 482 valence electrons. The van der Waals surface area contributed by atoms with Gasteiger partial charge in [0.15, 0.2) is 57.9 Å². The normalized spacial score (nSPS) is 19.7. The summed E-state index contributed by atoms with van der Waals surface area (Å²) < 4.78 is 37.9. The third kappa shape index (κ3) is 16.7. The first-order chi connectivity index (χ1) is 45.1. The molecular formula is C67H68ClN11O14. The fourth-order valence-electron chi connectivity index (χ4n) is 11.1. The highest BCUT2D eigenvalue weighted by atomic mass is 35.5. The van der Waals surface area contributed by atoms with Crippen molar-refractivity contribution in [2.45, 2.75) is 94.8 Å². The molecule has 0 aliphatic carbocycles. The van der Waals surface area contributed by atoms with Crippen molar-refractivity contribution < 1.29 is 67.4 Å². The molecule has 10 atom stereocenters. The summed E-state index contributed by atoms with van der Waals surface area (Å²) in [6.45, 7) is 0.615. The van der Waals surface area contributed by atoms with Crippen molar-refractivity contribution in [3.8, 4) is 0 Å². The lowest BCUT2D eigenvalue weighted by Gasteiger charge is -2.26. The Bertz CT molecular complexity index is 3990. The summed E-state index contributed by atoms with van der Waals surface area (Å²) in [5, 5.41) is 27.0. The van der Waals surface area contributed by atoms with Gasteiger partial charge in [0.2, 0.25) is 0 Å². The second-order valence-corrected chi connectivity index (χ2v) is 22.7. The lowest BCUT2D eigenvalue weighted by Crippen LogP contribution is -2.45. The molecule has 4 N–H and O–H groups in total. The van der Waals surface area contributed by atoms with E-state index in [1.54, 1.807) is 39.8 Å². The van der Waals surface area contributed by atoms with Crippen molar-refractivity contribution in [2.75, 3.05) is 32.2 Å². The number of Topliss-reactive ketones (excluding diaryl/α,β-unsaturated/α-hetero) is 2. The average molecular weight is 1290 g/mol. The molecule has 0 saturated carbocycles. The molecule has 2 aliphatic rings. The number of aliphatic hydroxyl groups is 2. The van der Waals surface area contributed by atoms with Gasteiger partial charge in [-0.05, 0) is 47.2 Å². The van der Waals surface area contributed by atoms with Gasteiger partial charge < -0.3 is 54.2 Å². The molecule has 9 aromatic rings. The number of aliphatic hydroxyl groups excluding tert-OH is 2. The largest absolute Gasteiger partial charge is 0.459 e. The van der Waals surface area contributed by atoms with Gasteiger partial charge >= 0.3 is 24.1 Å². The zero-order valence-electron chi connectivity index (χ0n) is 50.9. The number of carbonyl (C=O) groups is 6. The molecule has 5 aromatic carbocycles. The van der Waals surface area contributed by atoms with E-state index >= 15 is 0 Å². The summed E-state index contributed by atoms with van der Waals surface area (Å²) in [5.74, 6) is -2.93. The van der Waals surface area contributed by atoms with Crippen LogP contribution in [-0.2, 0) is 68.9 Å². The topological polar surface area (TPSA) is 313 Å². The van der Waals surface area contributed by atoms with Crippen molar-refractivity contribution >= 4 is 75.4 Å². The number of ether oxygens (including phenoxy) is 6. The number of esters is 2. The molecule has 2 fully saturated rings. The molecular weight excluding hydrogens is 1220 g/mol. The number of fused-ring (bicyclic) bond motifs is 2. The van der Waals surface area contributed by atoms with E-state index in [0.717, 1.165) is 22.3 Å². The molecule has 6 heterocycles. The van der Waals surface area contributed by atoms with Crippen molar-refractivity contribution in [1.82, 2.24) is 49.7 Å². The number of hydrogen-bond acceptors (Lipinski definition) is 21. The summed E-state index contributed by atoms with van der Waals surface area (Å²) >= 11 is 6.27. The first-order valence-corrected chi connectivity index (χ1v) is 30.2. The molecule has 4 aromatic heterocycles. The minimum absolute atomic E-state index is 0.00683. The van der Waals surface area contributed by atoms with Crippen molar-refractivity contribution in [1.29, 1.82) is 0 Å². The van der Waals surface area contributed by atoms with Crippen LogP contribution in [0.2, 0.25) is 5.15 Å². The number of hydrogen-bond donors (Lipinski definition) is 4. The minimum atomic E-state index is -1.16. The van der Waals surface area contributed by atoms with Crippen molar-refractivity contribution in [2.24, 2.45) is 11.8 Å². The number of alkyl carbamates (subject to hydrolysis) is 2. The zero-order valence-corrected chi connectivity index (χ0v) is 51.6. The van der Waals surface area contributed by atoms with Gasteiger partial charge in [-0.15, -0.1) is 0 Å². The van der Waals surface area contributed by atoms with E-state index in [0.29, 0.717) is 28.2 Å². The molecule has 25 nitrogen and oxygen atoms in total. The fraction of sp³-hybridized carbons (Fsp3) is 0.313. The predicted molar refractivity (Wildman–Crippen MR) is 337 cm³/mol. The lowest BCUT2D eigenvalue weighted by atomic mass is 9.88. The fourth-order valence-corrected chi connectivity index (χ4v) is 11.3. The first-order valence-electron chi connectivity index (χ1n) is 29.9. The van der Waals surface area contributed by atoms with Crippen molar-refractivity contribution in [3.05, 3.63) is 210 Å². The predicted octanol–water partition coefficient (Wildman–Crippen LogP) is 7.53. The van der Waals surface area contributed by atoms with Gasteiger partial charge in [-0.2, -0.15) is 0 Å². The molecule has 0 bridgehead atoms. The Hall–Kier alpha value is -10.1. The molecule has 93 heavy (non-hydrogen) atoms. The summed E-state index contributed by atoms with van der Waals surface area (Å²) in [5.41, 5.74) is 5.13. The summed E-state index contributed by atoms with van der Waals surface area (Å²) in [7, 11) is 3.67. The highest BCUT2D eigenvalue weighted by molar-refractivity contribution is 6.33. The Morgan fingerprint density at radius 1 is 0.581 bits per heavy atom. The van der Waals surface area contributed by atoms with Gasteiger partial charge in [-0.25, -0.2) is 44.3 Å². The van der Waals surface area contributed by atoms with Crippen LogP contribution in [0.4, 0.5) is 15.4 Å². The van der Waals surface area contributed by atoms with Crippen LogP contribution in [0.25, 0.3) is 22.3 Å². The van der Waals surface area contributed by atoms with Crippen LogP contribution in [0.5, 0.6) is 0 Å². The maximum Gasteiger partial charge on any atom is 0.408 e. The number of nitrogens with zero attached hydrogens (tertiary/aromatic N) is 9. The third-order valence-corrected chi connectivity index (χ3v) is 16.0. The monoisotopic (exact) mass is 1290 g/mol. The maximum atomic E-state index is 14.3. The number of carbonyl (C=O) groups excluding carboxylic acids is 6. The Kier molecular flexibility index (Phi) is 22.2. The van der Waals surface area contributed by atoms with E-state index in [9.17, 15) is 39.0 Å². The van der Waals surface area contributed by atoms with Crippen LogP contribution in [0, 0.1) is 11.8 Å². The molecule has 2 amide bonds. The van der Waals surface area contributed by atoms with E-state index in [2.05, 4.69) is 40.5 Å². The standard InChI is InChI=1S/C37H34ClN5O8.C30H34N6O6/c1-23(44)50-32-27(18-29(45)28(17-24-11-5-2-6-12-24)42-37(47)49-19-25-13-7-3-8-14-25)30(20-48-36(46)26-15-9-4-10-16-26)51-35(32)43-22-41-31-33(38)39-21-40-34(31)43;1-35(2)27-25-28(32-17-31-27)36(18-33-25)29-26(39)21(24(15-37)42-29)14-23(38)22(13-19-9-5-3-6-10-19)34-30(40)41-16-20-11-7-4-8-12-20/h2-16,21-22,27-28,30,32,35H,17-20H2,1H3,(H,42,47);3-12,17-18,21-22,24,26,29,37,39H,13-16H2,1-2H3,(H,34,40)/t27-,28-,30+,32?,35+;21-,22-,24+,26?,29+/m00/s1. The minimum Gasteiger partial charge on any atom is -0.459 e. The van der Waals surface area contributed by atoms with Gasteiger partial charge in [0.1, 0.15) is 50.2 Å².